The van der Waals surface area contributed by atoms with Gasteiger partial charge in [-0.1, -0.05) is 58.0 Å². The van der Waals surface area contributed by atoms with Crippen molar-refractivity contribution in [2.75, 3.05) is 20.6 Å². The van der Waals surface area contributed by atoms with Gasteiger partial charge in [-0.05, 0) is 37.9 Å². The Morgan fingerprint density at radius 3 is 2.05 bits per heavy atom. The van der Waals surface area contributed by atoms with E-state index in [1.165, 1.54) is 12.0 Å². The Morgan fingerprint density at radius 2 is 1.60 bits per heavy atom. The first-order valence-corrected chi connectivity index (χ1v) is 7.85. The SMILES string of the molecule is CC(C)CC(NC(CN(C)C)C(C)C)c1ccccc1. The molecule has 1 rings (SSSR count). The number of rotatable bonds is 8. The van der Waals surface area contributed by atoms with Crippen molar-refractivity contribution in [2.24, 2.45) is 11.8 Å². The highest BCUT2D eigenvalue weighted by Gasteiger charge is 2.20. The molecular weight excluding hydrogens is 244 g/mol. The first-order valence-electron chi connectivity index (χ1n) is 7.85. The molecule has 1 aromatic rings. The van der Waals surface area contributed by atoms with Gasteiger partial charge in [0, 0.05) is 18.6 Å². The number of likely N-dealkylation sites (N-methyl/N-ethyl adjacent to an activating group) is 1. The summed E-state index contributed by atoms with van der Waals surface area (Å²) in [7, 11) is 4.30. The monoisotopic (exact) mass is 276 g/mol. The van der Waals surface area contributed by atoms with Crippen LogP contribution in [0.1, 0.15) is 45.7 Å². The zero-order valence-corrected chi connectivity index (χ0v) is 14.1. The van der Waals surface area contributed by atoms with Crippen LogP contribution in [0.15, 0.2) is 30.3 Å². The highest BCUT2D eigenvalue weighted by Crippen LogP contribution is 2.23. The third-order valence-corrected chi connectivity index (χ3v) is 3.69. The lowest BCUT2D eigenvalue weighted by Crippen LogP contribution is -2.44. The lowest BCUT2D eigenvalue weighted by Gasteiger charge is -2.31. The Morgan fingerprint density at radius 1 is 1.00 bits per heavy atom. The lowest BCUT2D eigenvalue weighted by molar-refractivity contribution is 0.257. The van der Waals surface area contributed by atoms with Gasteiger partial charge in [0.1, 0.15) is 0 Å². The third-order valence-electron chi connectivity index (χ3n) is 3.69. The van der Waals surface area contributed by atoms with E-state index in [-0.39, 0.29) is 0 Å². The molecule has 0 saturated heterocycles. The van der Waals surface area contributed by atoms with Crippen molar-refractivity contribution in [1.82, 2.24) is 10.2 Å². The minimum Gasteiger partial charge on any atom is -0.308 e. The molecular formula is C18H32N2. The van der Waals surface area contributed by atoms with E-state index in [2.05, 4.69) is 82.3 Å². The van der Waals surface area contributed by atoms with Gasteiger partial charge in [0.2, 0.25) is 0 Å². The molecule has 1 N–H and O–H groups in total. The number of hydrogen-bond acceptors (Lipinski definition) is 2. The van der Waals surface area contributed by atoms with Crippen molar-refractivity contribution in [3.05, 3.63) is 35.9 Å². The molecule has 0 aliphatic rings. The van der Waals surface area contributed by atoms with Gasteiger partial charge in [-0.15, -0.1) is 0 Å². The molecule has 0 aromatic heterocycles. The zero-order chi connectivity index (χ0) is 15.1. The number of nitrogens with one attached hydrogen (secondary N) is 1. The molecule has 2 heteroatoms. The van der Waals surface area contributed by atoms with Gasteiger partial charge in [0.05, 0.1) is 0 Å². The quantitative estimate of drug-likeness (QED) is 0.773. The summed E-state index contributed by atoms with van der Waals surface area (Å²) in [5.74, 6) is 1.33. The average molecular weight is 276 g/mol. The molecule has 2 unspecified atom stereocenters. The maximum atomic E-state index is 3.89. The van der Waals surface area contributed by atoms with Crippen LogP contribution in [-0.4, -0.2) is 31.6 Å². The molecule has 0 heterocycles. The molecule has 20 heavy (non-hydrogen) atoms. The highest BCUT2D eigenvalue weighted by atomic mass is 15.1. The number of benzene rings is 1. The smallest absolute Gasteiger partial charge is 0.0325 e. The van der Waals surface area contributed by atoms with Crippen LogP contribution in [0.25, 0.3) is 0 Å². The summed E-state index contributed by atoms with van der Waals surface area (Å²) >= 11 is 0. The van der Waals surface area contributed by atoms with Crippen molar-refractivity contribution in [2.45, 2.75) is 46.2 Å². The van der Waals surface area contributed by atoms with Gasteiger partial charge in [0.15, 0.2) is 0 Å². The van der Waals surface area contributed by atoms with Crippen LogP contribution in [0.3, 0.4) is 0 Å². The molecule has 0 spiro atoms. The second kappa shape index (κ2) is 8.43. The molecule has 0 fully saturated rings. The van der Waals surface area contributed by atoms with Crippen LogP contribution >= 0.6 is 0 Å². The van der Waals surface area contributed by atoms with Gasteiger partial charge in [-0.25, -0.2) is 0 Å². The predicted octanol–water partition coefficient (Wildman–Crippen LogP) is 3.95. The van der Waals surface area contributed by atoms with E-state index in [1.807, 2.05) is 0 Å². The molecule has 0 aliphatic carbocycles. The molecule has 0 aliphatic heterocycles. The van der Waals surface area contributed by atoms with Crippen molar-refractivity contribution >= 4 is 0 Å². The van der Waals surface area contributed by atoms with E-state index in [1.54, 1.807) is 0 Å². The second-order valence-corrected chi connectivity index (χ2v) is 6.87. The van der Waals surface area contributed by atoms with Crippen LogP contribution in [0, 0.1) is 11.8 Å². The number of hydrogen-bond donors (Lipinski definition) is 1. The Kier molecular flexibility index (Phi) is 7.25. The number of nitrogens with zero attached hydrogens (tertiary/aromatic N) is 1. The van der Waals surface area contributed by atoms with Gasteiger partial charge < -0.3 is 10.2 Å². The topological polar surface area (TPSA) is 15.3 Å². The highest BCUT2D eigenvalue weighted by molar-refractivity contribution is 5.19. The molecule has 114 valence electrons. The van der Waals surface area contributed by atoms with Crippen molar-refractivity contribution in [3.63, 3.8) is 0 Å². The van der Waals surface area contributed by atoms with Crippen molar-refractivity contribution in [1.29, 1.82) is 0 Å². The first-order chi connectivity index (χ1) is 9.40. The molecule has 2 atom stereocenters. The molecule has 2 nitrogen and oxygen atoms in total. The van der Waals surface area contributed by atoms with Gasteiger partial charge in [0.25, 0.3) is 0 Å². The Balaban J connectivity index is 2.82. The summed E-state index contributed by atoms with van der Waals surface area (Å²) in [4.78, 5) is 2.27. The van der Waals surface area contributed by atoms with Crippen LogP contribution in [0.5, 0.6) is 0 Å². The minimum atomic E-state index is 0.448. The summed E-state index contributed by atoms with van der Waals surface area (Å²) in [6.07, 6.45) is 1.18. The maximum Gasteiger partial charge on any atom is 0.0325 e. The van der Waals surface area contributed by atoms with Gasteiger partial charge >= 0.3 is 0 Å². The summed E-state index contributed by atoms with van der Waals surface area (Å²) in [6, 6.07) is 11.8. The fraction of sp³-hybridized carbons (Fsp3) is 0.667. The molecule has 0 bridgehead atoms. The van der Waals surface area contributed by atoms with Gasteiger partial charge in [-0.3, -0.25) is 0 Å². The maximum absolute atomic E-state index is 3.89. The van der Waals surface area contributed by atoms with Crippen LogP contribution in [0.2, 0.25) is 0 Å². The van der Waals surface area contributed by atoms with Crippen LogP contribution in [0.4, 0.5) is 0 Å². The Labute approximate surface area is 125 Å². The van der Waals surface area contributed by atoms with Crippen molar-refractivity contribution in [3.8, 4) is 0 Å². The molecule has 0 saturated carbocycles. The van der Waals surface area contributed by atoms with E-state index in [0.29, 0.717) is 23.9 Å². The van der Waals surface area contributed by atoms with E-state index < -0.39 is 0 Å². The van der Waals surface area contributed by atoms with Gasteiger partial charge in [-0.2, -0.15) is 0 Å². The summed E-state index contributed by atoms with van der Waals surface area (Å²) in [6.45, 7) is 10.3. The van der Waals surface area contributed by atoms with E-state index in [4.69, 9.17) is 0 Å². The largest absolute Gasteiger partial charge is 0.308 e. The molecule has 1 aromatic carbocycles. The Hall–Kier alpha value is -0.860. The summed E-state index contributed by atoms with van der Waals surface area (Å²) in [5, 5.41) is 3.89. The average Bonchev–Trinajstić information content (AvgIpc) is 2.37. The van der Waals surface area contributed by atoms with E-state index in [9.17, 15) is 0 Å². The molecule has 0 radical (unpaired) electrons. The van der Waals surface area contributed by atoms with E-state index >= 15 is 0 Å². The second-order valence-electron chi connectivity index (χ2n) is 6.87. The Bertz CT molecular complexity index is 357. The standard InChI is InChI=1S/C18H32N2/c1-14(2)12-17(16-10-8-7-9-11-16)19-18(15(3)4)13-20(5)6/h7-11,14-15,17-19H,12-13H2,1-6H3. The zero-order valence-electron chi connectivity index (χ0n) is 14.1. The van der Waals surface area contributed by atoms with Crippen molar-refractivity contribution < 1.29 is 0 Å². The first kappa shape index (κ1) is 17.2. The van der Waals surface area contributed by atoms with Crippen LogP contribution < -0.4 is 5.32 Å². The lowest BCUT2D eigenvalue weighted by atomic mass is 9.94. The molecule has 0 amide bonds. The van der Waals surface area contributed by atoms with Crippen LogP contribution in [-0.2, 0) is 0 Å². The fourth-order valence-electron chi connectivity index (χ4n) is 2.56. The summed E-state index contributed by atoms with van der Waals surface area (Å²) < 4.78 is 0. The predicted molar refractivity (Wildman–Crippen MR) is 89.0 cm³/mol. The minimum absolute atomic E-state index is 0.448. The fourth-order valence-corrected chi connectivity index (χ4v) is 2.56. The third kappa shape index (κ3) is 6.06. The summed E-state index contributed by atoms with van der Waals surface area (Å²) in [5.41, 5.74) is 1.41. The van der Waals surface area contributed by atoms with E-state index in [0.717, 1.165) is 6.54 Å². The normalized spacial score (nSPS) is 15.1.